The van der Waals surface area contributed by atoms with Gasteiger partial charge in [-0.3, -0.25) is 14.8 Å². The Balaban J connectivity index is 1.76. The number of fused-ring (bicyclic) bond motifs is 1. The van der Waals surface area contributed by atoms with E-state index in [9.17, 15) is 22.8 Å². The van der Waals surface area contributed by atoms with E-state index in [-0.39, 0.29) is 23.5 Å². The molecule has 0 saturated carbocycles. The first-order valence-corrected chi connectivity index (χ1v) is 11.3. The minimum atomic E-state index is -5.22. The Kier molecular flexibility index (Phi) is 6.12. The second-order valence-electron chi connectivity index (χ2n) is 8.51. The number of anilines is 1. The standard InChI is InChI=1S/C24H22F3N5O4/c1-14-12-30-22(33)17-11-18(32(20(14)17)36-23(34)24(25,26)27)16-4-6-29-19(15-3-2-5-28-13-15)21(16)31-7-9-35-10-8-31/h2-6,11,13-14H,7-10,12H2,1H3,(H,30,33). The van der Waals surface area contributed by atoms with Gasteiger partial charge < -0.3 is 19.8 Å². The molecular weight excluding hydrogens is 479 g/mol. The fourth-order valence-electron chi connectivity index (χ4n) is 4.50. The number of pyridine rings is 2. The highest BCUT2D eigenvalue weighted by atomic mass is 19.4. The molecule has 1 atom stereocenters. The van der Waals surface area contributed by atoms with Crippen LogP contribution in [0.1, 0.15) is 28.9 Å². The second kappa shape index (κ2) is 9.26. The molecule has 1 N–H and O–H groups in total. The van der Waals surface area contributed by atoms with Crippen molar-refractivity contribution in [1.29, 1.82) is 0 Å². The molecule has 36 heavy (non-hydrogen) atoms. The first-order chi connectivity index (χ1) is 17.3. The van der Waals surface area contributed by atoms with E-state index in [4.69, 9.17) is 9.57 Å². The van der Waals surface area contributed by atoms with Crippen LogP contribution < -0.4 is 15.1 Å². The monoisotopic (exact) mass is 501 g/mol. The van der Waals surface area contributed by atoms with E-state index in [1.165, 1.54) is 12.3 Å². The molecule has 5 heterocycles. The van der Waals surface area contributed by atoms with Gasteiger partial charge >= 0.3 is 12.1 Å². The minimum absolute atomic E-state index is 0.135. The zero-order valence-corrected chi connectivity index (χ0v) is 19.2. The molecule has 3 aromatic rings. The maximum absolute atomic E-state index is 13.2. The Hall–Kier alpha value is -3.93. The number of halogens is 3. The van der Waals surface area contributed by atoms with Crippen LogP contribution in [0.15, 0.2) is 42.9 Å². The summed E-state index contributed by atoms with van der Waals surface area (Å²) in [4.78, 5) is 40.2. The maximum atomic E-state index is 13.2. The molecule has 0 aliphatic carbocycles. The average molecular weight is 501 g/mol. The number of alkyl halides is 3. The van der Waals surface area contributed by atoms with Crippen molar-refractivity contribution in [3.05, 3.63) is 54.1 Å². The fourth-order valence-corrected chi connectivity index (χ4v) is 4.50. The van der Waals surface area contributed by atoms with Crippen molar-refractivity contribution in [2.75, 3.05) is 37.7 Å². The average Bonchev–Trinajstić information content (AvgIpc) is 3.26. The maximum Gasteiger partial charge on any atom is 0.493 e. The van der Waals surface area contributed by atoms with Gasteiger partial charge in [-0.05, 0) is 24.3 Å². The van der Waals surface area contributed by atoms with Crippen molar-refractivity contribution in [3.8, 4) is 22.5 Å². The number of nitrogens with one attached hydrogen (secondary N) is 1. The van der Waals surface area contributed by atoms with Crippen LogP contribution in [0.3, 0.4) is 0 Å². The molecule has 0 spiro atoms. The van der Waals surface area contributed by atoms with Crippen LogP contribution in [0, 0.1) is 0 Å². The molecule has 2 aliphatic heterocycles. The summed E-state index contributed by atoms with van der Waals surface area (Å²) in [6.07, 6.45) is -0.440. The summed E-state index contributed by atoms with van der Waals surface area (Å²) >= 11 is 0. The molecule has 5 rings (SSSR count). The summed E-state index contributed by atoms with van der Waals surface area (Å²) < 4.78 is 46.0. The van der Waals surface area contributed by atoms with Crippen LogP contribution in [0.5, 0.6) is 0 Å². The van der Waals surface area contributed by atoms with E-state index in [1.807, 2.05) is 11.0 Å². The van der Waals surface area contributed by atoms with Crippen molar-refractivity contribution in [3.63, 3.8) is 0 Å². The lowest BCUT2D eigenvalue weighted by Crippen LogP contribution is -2.39. The van der Waals surface area contributed by atoms with Gasteiger partial charge in [0.05, 0.1) is 41.5 Å². The zero-order valence-electron chi connectivity index (χ0n) is 19.2. The molecule has 1 fully saturated rings. The molecule has 0 radical (unpaired) electrons. The summed E-state index contributed by atoms with van der Waals surface area (Å²) in [5.74, 6) is -3.24. The first kappa shape index (κ1) is 23.8. The third-order valence-corrected chi connectivity index (χ3v) is 6.14. The van der Waals surface area contributed by atoms with Gasteiger partial charge in [0, 0.05) is 55.3 Å². The zero-order chi connectivity index (χ0) is 25.4. The lowest BCUT2D eigenvalue weighted by Gasteiger charge is -2.32. The van der Waals surface area contributed by atoms with Gasteiger partial charge in [-0.1, -0.05) is 6.92 Å². The van der Waals surface area contributed by atoms with Crippen LogP contribution in [0.2, 0.25) is 0 Å². The van der Waals surface area contributed by atoms with E-state index in [0.29, 0.717) is 48.8 Å². The van der Waals surface area contributed by atoms with Crippen LogP contribution in [0.4, 0.5) is 18.9 Å². The van der Waals surface area contributed by atoms with Crippen molar-refractivity contribution >= 4 is 17.6 Å². The fraction of sp³-hybridized carbons (Fsp3) is 0.333. The van der Waals surface area contributed by atoms with E-state index in [2.05, 4.69) is 15.3 Å². The molecule has 3 aromatic heterocycles. The first-order valence-electron chi connectivity index (χ1n) is 11.3. The number of aromatic nitrogens is 3. The number of ether oxygens (including phenoxy) is 1. The Morgan fingerprint density at radius 3 is 2.67 bits per heavy atom. The summed E-state index contributed by atoms with van der Waals surface area (Å²) in [5.41, 5.74) is 2.78. The van der Waals surface area contributed by atoms with E-state index in [0.717, 1.165) is 4.73 Å². The van der Waals surface area contributed by atoms with Gasteiger partial charge in [0.2, 0.25) is 0 Å². The normalized spacial score (nSPS) is 17.9. The Morgan fingerprint density at radius 2 is 1.97 bits per heavy atom. The van der Waals surface area contributed by atoms with Gasteiger partial charge in [-0.15, -0.1) is 0 Å². The highest BCUT2D eigenvalue weighted by Gasteiger charge is 2.43. The number of rotatable bonds is 4. The third kappa shape index (κ3) is 4.28. The molecule has 1 unspecified atom stereocenters. The molecule has 1 saturated heterocycles. The highest BCUT2D eigenvalue weighted by Crippen LogP contribution is 2.41. The quantitative estimate of drug-likeness (QED) is 0.587. The molecular formula is C24H22F3N5O4. The number of morpholine rings is 1. The number of nitrogens with zero attached hydrogens (tertiary/aromatic N) is 4. The minimum Gasteiger partial charge on any atom is -0.378 e. The summed E-state index contributed by atoms with van der Waals surface area (Å²) in [7, 11) is 0. The number of amides is 1. The van der Waals surface area contributed by atoms with E-state index in [1.54, 1.807) is 31.5 Å². The highest BCUT2D eigenvalue weighted by molar-refractivity contribution is 5.99. The smallest absolute Gasteiger partial charge is 0.378 e. The Morgan fingerprint density at radius 1 is 1.19 bits per heavy atom. The molecule has 9 nitrogen and oxygen atoms in total. The largest absolute Gasteiger partial charge is 0.493 e. The van der Waals surface area contributed by atoms with Crippen molar-refractivity contribution in [2.45, 2.75) is 19.0 Å². The van der Waals surface area contributed by atoms with Gasteiger partial charge in [-0.25, -0.2) is 4.79 Å². The van der Waals surface area contributed by atoms with Gasteiger partial charge in [0.1, 0.15) is 0 Å². The van der Waals surface area contributed by atoms with Gasteiger partial charge in [0.15, 0.2) is 0 Å². The Labute approximate surface area is 203 Å². The molecule has 0 aromatic carbocycles. The predicted molar refractivity (Wildman–Crippen MR) is 122 cm³/mol. The lowest BCUT2D eigenvalue weighted by atomic mass is 9.99. The predicted octanol–water partition coefficient (Wildman–Crippen LogP) is 2.81. The number of hydrogen-bond donors (Lipinski definition) is 1. The molecule has 2 aliphatic rings. The van der Waals surface area contributed by atoms with E-state index < -0.39 is 24.0 Å². The lowest BCUT2D eigenvalue weighted by molar-refractivity contribution is -0.200. The number of hydrogen-bond acceptors (Lipinski definition) is 7. The molecule has 12 heteroatoms. The van der Waals surface area contributed by atoms with E-state index >= 15 is 0 Å². The summed E-state index contributed by atoms with van der Waals surface area (Å²) in [6, 6.07) is 6.67. The SMILES string of the molecule is CC1CNC(=O)c2cc(-c3ccnc(-c4cccnc4)c3N3CCOCC3)n(OC(=O)C(F)(F)F)c21. The van der Waals surface area contributed by atoms with Crippen molar-refractivity contribution < 1.29 is 32.3 Å². The number of carbonyl (C=O) groups is 2. The van der Waals surface area contributed by atoms with Crippen LogP contribution in [-0.4, -0.2) is 65.6 Å². The van der Waals surface area contributed by atoms with Gasteiger partial charge in [0.25, 0.3) is 5.91 Å². The van der Waals surface area contributed by atoms with Gasteiger partial charge in [-0.2, -0.15) is 17.9 Å². The van der Waals surface area contributed by atoms with Crippen molar-refractivity contribution in [1.82, 2.24) is 20.0 Å². The number of carbonyl (C=O) groups excluding carboxylic acids is 2. The topological polar surface area (TPSA) is 98.6 Å². The van der Waals surface area contributed by atoms with Crippen molar-refractivity contribution in [2.24, 2.45) is 0 Å². The molecule has 0 bridgehead atoms. The molecule has 1 amide bonds. The summed E-state index contributed by atoms with van der Waals surface area (Å²) in [5, 5.41) is 2.72. The summed E-state index contributed by atoms with van der Waals surface area (Å²) in [6.45, 7) is 3.82. The van der Waals surface area contributed by atoms with Crippen LogP contribution in [-0.2, 0) is 9.53 Å². The Bertz CT molecular complexity index is 1300. The third-order valence-electron chi connectivity index (χ3n) is 6.14. The van der Waals surface area contributed by atoms with Crippen LogP contribution >= 0.6 is 0 Å². The van der Waals surface area contributed by atoms with Crippen LogP contribution in [0.25, 0.3) is 22.5 Å². The molecule has 188 valence electrons. The second-order valence-corrected chi connectivity index (χ2v) is 8.51.